The van der Waals surface area contributed by atoms with Gasteiger partial charge in [-0.25, -0.2) is 9.18 Å². The lowest BCUT2D eigenvalue weighted by Gasteiger charge is -2.07. The highest BCUT2D eigenvalue weighted by atomic mass is 19.1. The Morgan fingerprint density at radius 2 is 2.00 bits per heavy atom. The fourth-order valence-corrected chi connectivity index (χ4v) is 1.33. The molecule has 0 unspecified atom stereocenters. The van der Waals surface area contributed by atoms with Crippen LogP contribution in [-0.2, 0) is 11.3 Å². The van der Waals surface area contributed by atoms with Crippen LogP contribution < -0.4 is 5.32 Å². The fourth-order valence-electron chi connectivity index (χ4n) is 1.33. The molecule has 1 N–H and O–H groups in total. The smallest absolute Gasteiger partial charge is 0.412 e. The third-order valence-corrected chi connectivity index (χ3v) is 2.19. The maximum absolute atomic E-state index is 13.2. The third kappa shape index (κ3) is 3.28. The average molecular weight is 246 g/mol. The standard InChI is InChI=1S/C13H11FN2O2/c14-11-6-1-2-7-12(11)16-13(17)18-9-10-5-3-4-8-15-10/h1-8H,9H2,(H,16,17). The second-order valence-corrected chi connectivity index (χ2v) is 3.50. The molecule has 0 saturated carbocycles. The molecule has 0 radical (unpaired) electrons. The van der Waals surface area contributed by atoms with Crippen LogP contribution >= 0.6 is 0 Å². The van der Waals surface area contributed by atoms with Crippen molar-refractivity contribution in [1.82, 2.24) is 4.98 Å². The summed E-state index contributed by atoms with van der Waals surface area (Å²) >= 11 is 0. The summed E-state index contributed by atoms with van der Waals surface area (Å²) in [5.74, 6) is -0.507. The highest BCUT2D eigenvalue weighted by Crippen LogP contribution is 2.12. The lowest BCUT2D eigenvalue weighted by atomic mass is 10.3. The molecular weight excluding hydrogens is 235 g/mol. The summed E-state index contributed by atoms with van der Waals surface area (Å²) in [5.41, 5.74) is 0.713. The van der Waals surface area contributed by atoms with Crippen LogP contribution in [0.2, 0.25) is 0 Å². The zero-order chi connectivity index (χ0) is 12.8. The Hall–Kier alpha value is -2.43. The van der Waals surface area contributed by atoms with Crippen molar-refractivity contribution in [3.8, 4) is 0 Å². The number of hydrogen-bond donors (Lipinski definition) is 1. The van der Waals surface area contributed by atoms with Crippen molar-refractivity contribution in [2.24, 2.45) is 0 Å². The number of rotatable bonds is 3. The number of amides is 1. The lowest BCUT2D eigenvalue weighted by molar-refractivity contribution is 0.153. The van der Waals surface area contributed by atoms with E-state index in [0.717, 1.165) is 0 Å². The van der Waals surface area contributed by atoms with Crippen LogP contribution in [0.3, 0.4) is 0 Å². The van der Waals surface area contributed by atoms with Crippen LogP contribution in [0.25, 0.3) is 0 Å². The first kappa shape index (κ1) is 12.0. The van der Waals surface area contributed by atoms with Gasteiger partial charge in [0.15, 0.2) is 0 Å². The number of aromatic nitrogens is 1. The summed E-state index contributed by atoms with van der Waals surface area (Å²) in [5, 5.41) is 2.32. The van der Waals surface area contributed by atoms with Crippen LogP contribution in [0.15, 0.2) is 48.7 Å². The number of benzene rings is 1. The van der Waals surface area contributed by atoms with Crippen LogP contribution in [0.1, 0.15) is 5.69 Å². The van der Waals surface area contributed by atoms with E-state index in [2.05, 4.69) is 10.3 Å². The van der Waals surface area contributed by atoms with E-state index in [4.69, 9.17) is 4.74 Å². The number of nitrogens with zero attached hydrogens (tertiary/aromatic N) is 1. The number of para-hydroxylation sites is 1. The number of ether oxygens (including phenoxy) is 1. The van der Waals surface area contributed by atoms with Crippen LogP contribution in [0.4, 0.5) is 14.9 Å². The summed E-state index contributed by atoms with van der Waals surface area (Å²) in [4.78, 5) is 15.4. The van der Waals surface area contributed by atoms with Gasteiger partial charge in [-0.2, -0.15) is 0 Å². The first-order chi connectivity index (χ1) is 8.75. The van der Waals surface area contributed by atoms with E-state index in [0.29, 0.717) is 5.69 Å². The van der Waals surface area contributed by atoms with Gasteiger partial charge in [0.05, 0.1) is 11.4 Å². The van der Waals surface area contributed by atoms with Gasteiger partial charge >= 0.3 is 6.09 Å². The van der Waals surface area contributed by atoms with Crippen LogP contribution in [0.5, 0.6) is 0 Å². The van der Waals surface area contributed by atoms with Gasteiger partial charge in [-0.1, -0.05) is 18.2 Å². The van der Waals surface area contributed by atoms with Gasteiger partial charge in [0.1, 0.15) is 12.4 Å². The maximum atomic E-state index is 13.2. The van der Waals surface area contributed by atoms with E-state index in [1.807, 2.05) is 0 Å². The average Bonchev–Trinajstić information content (AvgIpc) is 2.40. The molecule has 2 rings (SSSR count). The fraction of sp³-hybridized carbons (Fsp3) is 0.0769. The van der Waals surface area contributed by atoms with Crippen molar-refractivity contribution < 1.29 is 13.9 Å². The van der Waals surface area contributed by atoms with E-state index in [-0.39, 0.29) is 12.3 Å². The number of pyridine rings is 1. The largest absolute Gasteiger partial charge is 0.443 e. The summed E-state index contributed by atoms with van der Waals surface area (Å²) in [7, 11) is 0. The normalized spacial score (nSPS) is 9.83. The van der Waals surface area contributed by atoms with Gasteiger partial charge in [0, 0.05) is 6.20 Å². The Morgan fingerprint density at radius 1 is 1.22 bits per heavy atom. The zero-order valence-electron chi connectivity index (χ0n) is 9.47. The van der Waals surface area contributed by atoms with Crippen molar-refractivity contribution in [3.63, 3.8) is 0 Å². The number of nitrogens with one attached hydrogen (secondary N) is 1. The summed E-state index contributed by atoms with van der Waals surface area (Å²) in [6, 6.07) is 11.2. The Balaban J connectivity index is 1.88. The molecule has 0 bridgehead atoms. The van der Waals surface area contributed by atoms with E-state index in [1.165, 1.54) is 12.1 Å². The molecule has 0 saturated heterocycles. The molecule has 0 fully saturated rings. The second-order valence-electron chi connectivity index (χ2n) is 3.50. The first-order valence-electron chi connectivity index (χ1n) is 5.34. The topological polar surface area (TPSA) is 51.2 Å². The summed E-state index contributed by atoms with van der Waals surface area (Å²) < 4.78 is 18.1. The number of carbonyl (C=O) groups excluding carboxylic acids is 1. The molecule has 0 aliphatic carbocycles. The van der Waals surface area contributed by atoms with Gasteiger partial charge in [-0.05, 0) is 24.3 Å². The minimum absolute atomic E-state index is 0.0428. The molecule has 2 aromatic rings. The van der Waals surface area contributed by atoms with Crippen LogP contribution in [-0.4, -0.2) is 11.1 Å². The molecule has 1 aromatic heterocycles. The molecule has 1 amide bonds. The monoisotopic (exact) mass is 246 g/mol. The van der Waals surface area contributed by atoms with Crippen molar-refractivity contribution in [3.05, 3.63) is 60.2 Å². The quantitative estimate of drug-likeness (QED) is 0.905. The Kier molecular flexibility index (Phi) is 3.86. The van der Waals surface area contributed by atoms with Gasteiger partial charge < -0.3 is 4.74 Å². The second kappa shape index (κ2) is 5.77. The number of halogens is 1. The maximum Gasteiger partial charge on any atom is 0.412 e. The number of carbonyl (C=O) groups is 1. The van der Waals surface area contributed by atoms with E-state index in [9.17, 15) is 9.18 Å². The van der Waals surface area contributed by atoms with Gasteiger partial charge in [0.2, 0.25) is 0 Å². The Morgan fingerprint density at radius 3 is 2.72 bits per heavy atom. The molecular formula is C13H11FN2O2. The van der Waals surface area contributed by atoms with E-state index < -0.39 is 11.9 Å². The molecule has 1 aromatic carbocycles. The highest BCUT2D eigenvalue weighted by molar-refractivity contribution is 5.84. The molecule has 1 heterocycles. The van der Waals surface area contributed by atoms with E-state index >= 15 is 0 Å². The van der Waals surface area contributed by atoms with Crippen LogP contribution in [0, 0.1) is 5.82 Å². The molecule has 18 heavy (non-hydrogen) atoms. The van der Waals surface area contributed by atoms with Gasteiger partial charge in [-0.3, -0.25) is 10.3 Å². The van der Waals surface area contributed by atoms with Crippen molar-refractivity contribution in [1.29, 1.82) is 0 Å². The van der Waals surface area contributed by atoms with Gasteiger partial charge in [0.25, 0.3) is 0 Å². The number of anilines is 1. The zero-order valence-corrected chi connectivity index (χ0v) is 9.47. The predicted molar refractivity (Wildman–Crippen MR) is 64.4 cm³/mol. The van der Waals surface area contributed by atoms with E-state index in [1.54, 1.807) is 36.5 Å². The van der Waals surface area contributed by atoms with Gasteiger partial charge in [-0.15, -0.1) is 0 Å². The molecule has 0 aliphatic heterocycles. The van der Waals surface area contributed by atoms with Crippen molar-refractivity contribution in [2.45, 2.75) is 6.61 Å². The molecule has 4 nitrogen and oxygen atoms in total. The lowest BCUT2D eigenvalue weighted by Crippen LogP contribution is -2.14. The molecule has 0 aliphatic rings. The molecule has 0 spiro atoms. The Labute approximate surface area is 103 Å². The number of hydrogen-bond acceptors (Lipinski definition) is 3. The van der Waals surface area contributed by atoms with Crippen molar-refractivity contribution in [2.75, 3.05) is 5.32 Å². The molecule has 92 valence electrons. The minimum Gasteiger partial charge on any atom is -0.443 e. The van der Waals surface area contributed by atoms with Crippen molar-refractivity contribution >= 4 is 11.8 Å². The first-order valence-corrected chi connectivity index (χ1v) is 5.34. The minimum atomic E-state index is -0.717. The Bertz CT molecular complexity index is 532. The molecule has 0 atom stereocenters. The third-order valence-electron chi connectivity index (χ3n) is 2.19. The summed E-state index contributed by atoms with van der Waals surface area (Å²) in [6.45, 7) is 0.0428. The SMILES string of the molecule is O=C(Nc1ccccc1F)OCc1ccccn1. The highest BCUT2D eigenvalue weighted by Gasteiger charge is 2.07. The summed E-state index contributed by atoms with van der Waals surface area (Å²) in [6.07, 6.45) is 0.888. The predicted octanol–water partition coefficient (Wildman–Crippen LogP) is 2.97. The molecule has 5 heteroatoms.